The molecule has 0 amide bonds. The second kappa shape index (κ2) is 2.75. The van der Waals surface area contributed by atoms with Crippen molar-refractivity contribution >= 4 is 38.4 Å². The fraction of sp³-hybridized carbons (Fsp3) is 0.125. The second-order valence-corrected chi connectivity index (χ2v) is 3.71. The smallest absolute Gasteiger partial charge is 0.113 e. The minimum atomic E-state index is 0.729. The molecule has 0 fully saturated rings. The average molecular weight is 246 g/mol. The number of fused-ring (bicyclic) bond motifs is 1. The van der Waals surface area contributed by atoms with E-state index in [-0.39, 0.29) is 0 Å². The van der Waals surface area contributed by atoms with Crippen LogP contribution in [0.5, 0.6) is 0 Å². The maximum absolute atomic E-state index is 5.99. The summed E-state index contributed by atoms with van der Waals surface area (Å²) in [5, 5.41) is 5.96. The molecule has 0 bridgehead atoms. The molecule has 1 heterocycles. The van der Waals surface area contributed by atoms with Gasteiger partial charge < -0.3 is 0 Å². The van der Waals surface area contributed by atoms with Crippen LogP contribution in [0, 0.1) is 0 Å². The number of hydrogen-bond donors (Lipinski definition) is 0. The number of aromatic nitrogens is 2. The summed E-state index contributed by atoms with van der Waals surface area (Å²) >= 11 is 9.41. The molecule has 0 aliphatic carbocycles. The van der Waals surface area contributed by atoms with Crippen LogP contribution in [-0.4, -0.2) is 9.78 Å². The molecule has 1 aromatic carbocycles. The first-order valence-corrected chi connectivity index (χ1v) is 4.64. The number of rotatable bonds is 0. The second-order valence-electron chi connectivity index (χ2n) is 2.55. The maximum Gasteiger partial charge on any atom is 0.113 e. The Morgan fingerprint density at radius 2 is 2.25 bits per heavy atom. The van der Waals surface area contributed by atoms with Crippen molar-refractivity contribution in [2.75, 3.05) is 0 Å². The molecule has 0 atom stereocenters. The first-order chi connectivity index (χ1) is 5.70. The highest BCUT2D eigenvalue weighted by molar-refractivity contribution is 9.10. The molecule has 0 aliphatic heterocycles. The summed E-state index contributed by atoms with van der Waals surface area (Å²) in [6.45, 7) is 0. The van der Waals surface area contributed by atoms with Gasteiger partial charge in [-0.1, -0.05) is 17.7 Å². The topological polar surface area (TPSA) is 17.8 Å². The van der Waals surface area contributed by atoms with Gasteiger partial charge in [0.05, 0.1) is 15.9 Å². The van der Waals surface area contributed by atoms with E-state index >= 15 is 0 Å². The third-order valence-electron chi connectivity index (χ3n) is 1.74. The van der Waals surface area contributed by atoms with Crippen molar-refractivity contribution in [1.82, 2.24) is 9.78 Å². The van der Waals surface area contributed by atoms with Gasteiger partial charge in [0.1, 0.15) is 4.60 Å². The lowest BCUT2D eigenvalue weighted by atomic mass is 10.3. The Hall–Kier alpha value is -0.540. The molecule has 2 nitrogen and oxygen atoms in total. The van der Waals surface area contributed by atoms with E-state index in [1.165, 1.54) is 0 Å². The molecule has 0 aliphatic rings. The first kappa shape index (κ1) is 8.08. The monoisotopic (exact) mass is 244 g/mol. The van der Waals surface area contributed by atoms with E-state index in [1.807, 2.05) is 25.2 Å². The number of nitrogens with zero attached hydrogens (tertiary/aromatic N) is 2. The van der Waals surface area contributed by atoms with Gasteiger partial charge in [0.25, 0.3) is 0 Å². The number of hydrogen-bond acceptors (Lipinski definition) is 1. The van der Waals surface area contributed by atoms with Crippen LogP contribution in [0.1, 0.15) is 0 Å². The highest BCUT2D eigenvalue weighted by atomic mass is 79.9. The van der Waals surface area contributed by atoms with Crippen molar-refractivity contribution in [2.45, 2.75) is 0 Å². The van der Waals surface area contributed by atoms with E-state index in [2.05, 4.69) is 21.0 Å². The van der Waals surface area contributed by atoms with Crippen molar-refractivity contribution < 1.29 is 0 Å². The van der Waals surface area contributed by atoms with Gasteiger partial charge in [0.2, 0.25) is 0 Å². The average Bonchev–Trinajstić information content (AvgIpc) is 2.29. The van der Waals surface area contributed by atoms with Crippen LogP contribution < -0.4 is 0 Å². The van der Waals surface area contributed by atoms with Gasteiger partial charge in [-0.25, -0.2) is 0 Å². The third-order valence-corrected chi connectivity index (χ3v) is 2.96. The summed E-state index contributed by atoms with van der Waals surface area (Å²) in [4.78, 5) is 0. The van der Waals surface area contributed by atoms with Crippen LogP contribution in [0.3, 0.4) is 0 Å². The van der Waals surface area contributed by atoms with Gasteiger partial charge in [-0.15, -0.1) is 0 Å². The van der Waals surface area contributed by atoms with Crippen LogP contribution in [0.25, 0.3) is 10.9 Å². The van der Waals surface area contributed by atoms with E-state index in [1.54, 1.807) is 4.68 Å². The summed E-state index contributed by atoms with van der Waals surface area (Å²) in [6, 6.07) is 5.69. The minimum absolute atomic E-state index is 0.729. The van der Waals surface area contributed by atoms with Crippen LogP contribution in [0.4, 0.5) is 0 Å². The number of aryl methyl sites for hydroxylation is 1. The van der Waals surface area contributed by atoms with Gasteiger partial charge in [-0.3, -0.25) is 4.68 Å². The fourth-order valence-corrected chi connectivity index (χ4v) is 2.04. The predicted octanol–water partition coefficient (Wildman–Crippen LogP) is 2.99. The Labute approximate surface area is 83.3 Å². The van der Waals surface area contributed by atoms with Gasteiger partial charge in [0, 0.05) is 7.05 Å². The van der Waals surface area contributed by atoms with Crippen molar-refractivity contribution in [3.05, 3.63) is 27.8 Å². The van der Waals surface area contributed by atoms with E-state index < -0.39 is 0 Å². The zero-order chi connectivity index (χ0) is 8.72. The molecule has 0 radical (unpaired) electrons. The summed E-state index contributed by atoms with van der Waals surface area (Å²) in [5.41, 5.74) is 0.914. The van der Waals surface area contributed by atoms with E-state index in [9.17, 15) is 0 Å². The minimum Gasteiger partial charge on any atom is -0.260 e. The SMILES string of the molecule is Cn1nc2cccc(Cl)c2c1Br. The quantitative estimate of drug-likeness (QED) is 0.698. The summed E-state index contributed by atoms with van der Waals surface area (Å²) in [5.74, 6) is 0. The Kier molecular flexibility index (Phi) is 1.85. The molecule has 0 spiro atoms. The Bertz CT molecular complexity index is 436. The summed E-state index contributed by atoms with van der Waals surface area (Å²) in [6.07, 6.45) is 0. The normalized spacial score (nSPS) is 10.9. The predicted molar refractivity (Wildman–Crippen MR) is 53.4 cm³/mol. The zero-order valence-electron chi connectivity index (χ0n) is 6.38. The molecule has 0 unspecified atom stereocenters. The highest BCUT2D eigenvalue weighted by Gasteiger charge is 2.08. The lowest BCUT2D eigenvalue weighted by Gasteiger charge is -1.91. The zero-order valence-corrected chi connectivity index (χ0v) is 8.72. The molecule has 12 heavy (non-hydrogen) atoms. The van der Waals surface area contributed by atoms with Crippen molar-refractivity contribution in [3.8, 4) is 0 Å². The maximum atomic E-state index is 5.99. The molecule has 0 saturated carbocycles. The van der Waals surface area contributed by atoms with Crippen LogP contribution >= 0.6 is 27.5 Å². The lowest BCUT2D eigenvalue weighted by molar-refractivity contribution is 0.761. The van der Waals surface area contributed by atoms with Crippen molar-refractivity contribution in [2.24, 2.45) is 7.05 Å². The Morgan fingerprint density at radius 3 is 2.92 bits per heavy atom. The van der Waals surface area contributed by atoms with E-state index in [4.69, 9.17) is 11.6 Å². The Morgan fingerprint density at radius 1 is 1.50 bits per heavy atom. The fourth-order valence-electron chi connectivity index (χ4n) is 1.17. The number of benzene rings is 1. The largest absolute Gasteiger partial charge is 0.260 e. The van der Waals surface area contributed by atoms with Crippen LogP contribution in [0.2, 0.25) is 5.02 Å². The summed E-state index contributed by atoms with van der Waals surface area (Å²) < 4.78 is 2.68. The van der Waals surface area contributed by atoms with Crippen LogP contribution in [-0.2, 0) is 7.05 Å². The highest BCUT2D eigenvalue weighted by Crippen LogP contribution is 2.29. The lowest BCUT2D eigenvalue weighted by Crippen LogP contribution is -1.88. The third kappa shape index (κ3) is 1.04. The molecular formula is C8H6BrClN2. The van der Waals surface area contributed by atoms with Crippen molar-refractivity contribution in [1.29, 1.82) is 0 Å². The van der Waals surface area contributed by atoms with Gasteiger partial charge in [-0.2, -0.15) is 5.10 Å². The summed E-state index contributed by atoms with van der Waals surface area (Å²) in [7, 11) is 1.88. The number of halogens is 2. The van der Waals surface area contributed by atoms with E-state index in [0.717, 1.165) is 20.5 Å². The van der Waals surface area contributed by atoms with Gasteiger partial charge >= 0.3 is 0 Å². The molecule has 4 heteroatoms. The van der Waals surface area contributed by atoms with Gasteiger partial charge in [-0.05, 0) is 28.1 Å². The molecule has 1 aromatic heterocycles. The van der Waals surface area contributed by atoms with Crippen LogP contribution in [0.15, 0.2) is 22.8 Å². The molecule has 2 aromatic rings. The first-order valence-electron chi connectivity index (χ1n) is 3.47. The Balaban J connectivity index is 2.97. The van der Waals surface area contributed by atoms with E-state index in [0.29, 0.717) is 0 Å². The van der Waals surface area contributed by atoms with Gasteiger partial charge in [0.15, 0.2) is 0 Å². The molecule has 0 saturated heterocycles. The standard InChI is InChI=1S/C8H6BrClN2/c1-12-8(9)7-5(10)3-2-4-6(7)11-12/h2-4H,1H3. The molecule has 0 N–H and O–H groups in total. The molecule has 2 rings (SSSR count). The molecular weight excluding hydrogens is 239 g/mol. The van der Waals surface area contributed by atoms with Crippen molar-refractivity contribution in [3.63, 3.8) is 0 Å². The molecule has 62 valence electrons.